The monoisotopic (exact) mass is 266 g/mol. The molecule has 3 unspecified atom stereocenters. The molecule has 2 nitrogen and oxygen atoms in total. The van der Waals surface area contributed by atoms with Crippen molar-refractivity contribution < 1.29 is 0 Å². The van der Waals surface area contributed by atoms with Crippen molar-refractivity contribution in [2.45, 2.75) is 65.3 Å². The average Bonchev–Trinajstić information content (AvgIpc) is 2.40. The standard InChI is InChI=1S/C17H34N2/c1-13(2)16-6-9-19(10-7-16)17(12-18)8-5-14(3)11-15(17)4/h13-16H,5-12,18H2,1-4H3. The fraction of sp³-hybridized carbons (Fsp3) is 1.00. The Labute approximate surface area is 120 Å². The van der Waals surface area contributed by atoms with Crippen LogP contribution in [0.2, 0.25) is 0 Å². The zero-order valence-corrected chi connectivity index (χ0v) is 13.5. The minimum atomic E-state index is 0.314. The molecule has 0 amide bonds. The van der Waals surface area contributed by atoms with E-state index in [-0.39, 0.29) is 0 Å². The number of nitrogens with two attached hydrogens (primary N) is 1. The predicted molar refractivity (Wildman–Crippen MR) is 83.1 cm³/mol. The molecule has 2 fully saturated rings. The highest BCUT2D eigenvalue weighted by molar-refractivity contribution is 5.00. The van der Waals surface area contributed by atoms with Crippen molar-refractivity contribution in [3.05, 3.63) is 0 Å². The Morgan fingerprint density at radius 2 is 1.79 bits per heavy atom. The van der Waals surface area contributed by atoms with Gasteiger partial charge in [-0.25, -0.2) is 0 Å². The van der Waals surface area contributed by atoms with Crippen molar-refractivity contribution in [1.82, 2.24) is 4.90 Å². The number of likely N-dealkylation sites (tertiary alicyclic amines) is 1. The zero-order valence-electron chi connectivity index (χ0n) is 13.5. The van der Waals surface area contributed by atoms with Crippen LogP contribution in [0, 0.1) is 23.7 Å². The van der Waals surface area contributed by atoms with E-state index in [0.29, 0.717) is 5.54 Å². The van der Waals surface area contributed by atoms with E-state index in [9.17, 15) is 0 Å². The Hall–Kier alpha value is -0.0800. The van der Waals surface area contributed by atoms with Crippen LogP contribution in [0.1, 0.15) is 59.8 Å². The van der Waals surface area contributed by atoms with Crippen molar-refractivity contribution in [1.29, 1.82) is 0 Å². The van der Waals surface area contributed by atoms with Gasteiger partial charge in [-0.05, 0) is 68.9 Å². The van der Waals surface area contributed by atoms with E-state index in [1.165, 1.54) is 45.2 Å². The molecule has 0 spiro atoms. The molecule has 3 atom stereocenters. The first-order valence-electron chi connectivity index (χ1n) is 8.44. The maximum absolute atomic E-state index is 6.26. The van der Waals surface area contributed by atoms with Gasteiger partial charge in [-0.2, -0.15) is 0 Å². The molecule has 0 bridgehead atoms. The lowest BCUT2D eigenvalue weighted by atomic mass is 9.68. The molecule has 1 aliphatic carbocycles. The molecule has 1 saturated heterocycles. The summed E-state index contributed by atoms with van der Waals surface area (Å²) in [5.74, 6) is 3.43. The molecule has 2 rings (SSSR count). The lowest BCUT2D eigenvalue weighted by molar-refractivity contribution is -0.0246. The molecule has 1 heterocycles. The number of piperidine rings is 1. The van der Waals surface area contributed by atoms with Crippen molar-refractivity contribution in [2.24, 2.45) is 29.4 Å². The summed E-state index contributed by atoms with van der Waals surface area (Å²) in [6.45, 7) is 13.0. The third kappa shape index (κ3) is 3.00. The second kappa shape index (κ2) is 6.13. The van der Waals surface area contributed by atoms with Crippen LogP contribution in [0.3, 0.4) is 0 Å². The lowest BCUT2D eigenvalue weighted by Crippen LogP contribution is -2.61. The molecule has 112 valence electrons. The van der Waals surface area contributed by atoms with E-state index in [1.54, 1.807) is 0 Å². The van der Waals surface area contributed by atoms with Gasteiger partial charge in [0.25, 0.3) is 0 Å². The van der Waals surface area contributed by atoms with Crippen LogP contribution in [0.4, 0.5) is 0 Å². The largest absolute Gasteiger partial charge is 0.329 e. The Morgan fingerprint density at radius 1 is 1.16 bits per heavy atom. The molecule has 0 aromatic heterocycles. The maximum atomic E-state index is 6.26. The Kier molecular flexibility index (Phi) is 4.94. The van der Waals surface area contributed by atoms with Gasteiger partial charge in [0, 0.05) is 12.1 Å². The topological polar surface area (TPSA) is 29.3 Å². The van der Waals surface area contributed by atoms with Gasteiger partial charge < -0.3 is 5.73 Å². The normalized spacial score (nSPS) is 38.8. The maximum Gasteiger partial charge on any atom is 0.0357 e. The van der Waals surface area contributed by atoms with Gasteiger partial charge in [-0.3, -0.25) is 4.90 Å². The first-order chi connectivity index (χ1) is 8.99. The van der Waals surface area contributed by atoms with Crippen LogP contribution in [0.25, 0.3) is 0 Å². The highest BCUT2D eigenvalue weighted by Gasteiger charge is 2.44. The molecular formula is C17H34N2. The smallest absolute Gasteiger partial charge is 0.0357 e. The van der Waals surface area contributed by atoms with Crippen molar-refractivity contribution in [3.63, 3.8) is 0 Å². The highest BCUT2D eigenvalue weighted by Crippen LogP contribution is 2.42. The summed E-state index contributed by atoms with van der Waals surface area (Å²) in [6, 6.07) is 0. The van der Waals surface area contributed by atoms with Crippen molar-refractivity contribution in [3.8, 4) is 0 Å². The second-order valence-corrected chi connectivity index (χ2v) is 7.66. The molecule has 2 heteroatoms. The number of hydrogen-bond donors (Lipinski definition) is 1. The molecule has 2 aliphatic rings. The van der Waals surface area contributed by atoms with E-state index in [0.717, 1.165) is 30.2 Å². The summed E-state index contributed by atoms with van der Waals surface area (Å²) in [5, 5.41) is 0. The molecule has 0 aromatic rings. The molecular weight excluding hydrogens is 232 g/mol. The Bertz CT molecular complexity index is 281. The van der Waals surface area contributed by atoms with Crippen LogP contribution in [-0.4, -0.2) is 30.1 Å². The minimum absolute atomic E-state index is 0.314. The van der Waals surface area contributed by atoms with Gasteiger partial charge in [0.1, 0.15) is 0 Å². The third-order valence-electron chi connectivity index (χ3n) is 6.21. The number of hydrogen-bond acceptors (Lipinski definition) is 2. The quantitative estimate of drug-likeness (QED) is 0.847. The average molecular weight is 266 g/mol. The molecule has 0 radical (unpaired) electrons. The van der Waals surface area contributed by atoms with E-state index in [4.69, 9.17) is 5.73 Å². The predicted octanol–water partition coefficient (Wildman–Crippen LogP) is 3.51. The Balaban J connectivity index is 2.02. The van der Waals surface area contributed by atoms with Gasteiger partial charge in [-0.15, -0.1) is 0 Å². The summed E-state index contributed by atoms with van der Waals surface area (Å²) in [5.41, 5.74) is 6.57. The SMILES string of the molecule is CC1CCC(CN)(N2CCC(C(C)C)CC2)C(C)C1. The molecule has 1 saturated carbocycles. The molecule has 19 heavy (non-hydrogen) atoms. The van der Waals surface area contributed by atoms with E-state index in [1.807, 2.05) is 0 Å². The van der Waals surface area contributed by atoms with Crippen LogP contribution in [0.5, 0.6) is 0 Å². The second-order valence-electron chi connectivity index (χ2n) is 7.66. The minimum Gasteiger partial charge on any atom is -0.329 e. The summed E-state index contributed by atoms with van der Waals surface area (Å²) in [7, 11) is 0. The van der Waals surface area contributed by atoms with Crippen LogP contribution >= 0.6 is 0 Å². The van der Waals surface area contributed by atoms with Crippen LogP contribution in [0.15, 0.2) is 0 Å². The van der Waals surface area contributed by atoms with Crippen molar-refractivity contribution >= 4 is 0 Å². The first kappa shape index (κ1) is 15.3. The molecule has 2 N–H and O–H groups in total. The first-order valence-corrected chi connectivity index (χ1v) is 8.44. The summed E-state index contributed by atoms with van der Waals surface area (Å²) in [6.07, 6.45) is 6.80. The number of rotatable bonds is 3. The molecule has 1 aliphatic heterocycles. The fourth-order valence-corrected chi connectivity index (χ4v) is 4.60. The Morgan fingerprint density at radius 3 is 2.26 bits per heavy atom. The van der Waals surface area contributed by atoms with Gasteiger partial charge in [-0.1, -0.05) is 27.7 Å². The van der Waals surface area contributed by atoms with E-state index >= 15 is 0 Å². The number of nitrogens with zero attached hydrogens (tertiary/aromatic N) is 1. The third-order valence-corrected chi connectivity index (χ3v) is 6.21. The van der Waals surface area contributed by atoms with Gasteiger partial charge in [0.15, 0.2) is 0 Å². The summed E-state index contributed by atoms with van der Waals surface area (Å²) in [4.78, 5) is 2.77. The van der Waals surface area contributed by atoms with Gasteiger partial charge in [0.05, 0.1) is 0 Å². The summed E-state index contributed by atoms with van der Waals surface area (Å²) >= 11 is 0. The lowest BCUT2D eigenvalue weighted by Gasteiger charge is -2.53. The van der Waals surface area contributed by atoms with Crippen LogP contribution < -0.4 is 5.73 Å². The molecule has 0 aromatic carbocycles. The zero-order chi connectivity index (χ0) is 14.0. The van der Waals surface area contributed by atoms with Crippen LogP contribution in [-0.2, 0) is 0 Å². The highest BCUT2D eigenvalue weighted by atomic mass is 15.2. The van der Waals surface area contributed by atoms with E-state index < -0.39 is 0 Å². The summed E-state index contributed by atoms with van der Waals surface area (Å²) < 4.78 is 0. The van der Waals surface area contributed by atoms with Crippen molar-refractivity contribution in [2.75, 3.05) is 19.6 Å². The van der Waals surface area contributed by atoms with Gasteiger partial charge >= 0.3 is 0 Å². The fourth-order valence-electron chi connectivity index (χ4n) is 4.60. The van der Waals surface area contributed by atoms with E-state index in [2.05, 4.69) is 32.6 Å². The van der Waals surface area contributed by atoms with Gasteiger partial charge in [0.2, 0.25) is 0 Å².